The number of anilines is 1. The van der Waals surface area contributed by atoms with Crippen molar-refractivity contribution in [3.8, 4) is 0 Å². The van der Waals surface area contributed by atoms with E-state index in [0.717, 1.165) is 27.7 Å². The molecular formula is C44H51N2O13S3+. The Morgan fingerprint density at radius 2 is 1.52 bits per heavy atom. The Morgan fingerprint density at radius 1 is 0.839 bits per heavy atom. The van der Waals surface area contributed by atoms with Crippen molar-refractivity contribution in [1.82, 2.24) is 0 Å². The van der Waals surface area contributed by atoms with E-state index in [0.29, 0.717) is 28.1 Å². The Balaban J connectivity index is 1.49. The standard InChI is InChI=1S/C44H50N2O13S3/c1-6-59-41(49)44(40(47)48)27-29(13-19-37-42(2,3)34-26-32(62(56,57)58)16-18-35(34)45(37)21-9-23-60(50,51)52)25-30(28-44)14-20-38-43(4,5)39-33-12-8-7-11-31(33)15-17-36(39)46(38)22-10-24-61(53,54)55/h7-8,11-20,25-26H,6,9-10,21-24,27-28H2,1-5H3,(H3-,47,48,50,51,52,53,54,55,56,57,58)/p+1. The number of carboxylic acid groups (broad SMARTS) is 1. The van der Waals surface area contributed by atoms with Crippen LogP contribution in [-0.4, -0.2) is 97.4 Å². The Kier molecular flexibility index (Phi) is 12.7. The fraction of sp³-hybridized carbons (Fsp3) is 0.386. The summed E-state index contributed by atoms with van der Waals surface area (Å²) in [6, 6.07) is 15.9. The minimum absolute atomic E-state index is 0.0101. The van der Waals surface area contributed by atoms with Crippen molar-refractivity contribution >= 4 is 70.2 Å². The maximum absolute atomic E-state index is 13.7. The van der Waals surface area contributed by atoms with Crippen molar-refractivity contribution in [1.29, 1.82) is 0 Å². The van der Waals surface area contributed by atoms with Crippen LogP contribution in [0.5, 0.6) is 0 Å². The number of ether oxygens (including phenoxy) is 1. The van der Waals surface area contributed by atoms with Gasteiger partial charge in [0.15, 0.2) is 11.1 Å². The molecule has 3 aromatic rings. The predicted octanol–water partition coefficient (Wildman–Crippen LogP) is 6.54. The van der Waals surface area contributed by atoms with Gasteiger partial charge >= 0.3 is 11.9 Å². The third kappa shape index (κ3) is 9.35. The van der Waals surface area contributed by atoms with Crippen molar-refractivity contribution in [2.45, 2.75) is 76.0 Å². The van der Waals surface area contributed by atoms with Crippen LogP contribution in [0.15, 0.2) is 107 Å². The first-order valence-corrected chi connectivity index (χ1v) is 24.6. The summed E-state index contributed by atoms with van der Waals surface area (Å²) in [5.74, 6) is -3.33. The highest BCUT2D eigenvalue weighted by Gasteiger charge is 2.51. The van der Waals surface area contributed by atoms with E-state index in [9.17, 15) is 53.6 Å². The van der Waals surface area contributed by atoms with Gasteiger partial charge in [0.25, 0.3) is 30.4 Å². The third-order valence-electron chi connectivity index (χ3n) is 11.9. The van der Waals surface area contributed by atoms with Crippen LogP contribution in [-0.2, 0) is 55.5 Å². The fourth-order valence-corrected chi connectivity index (χ4v) is 10.5. The lowest BCUT2D eigenvalue weighted by Crippen LogP contribution is -2.42. The van der Waals surface area contributed by atoms with Gasteiger partial charge in [0.05, 0.1) is 28.4 Å². The Hall–Kier alpha value is -4.98. The highest BCUT2D eigenvalue weighted by molar-refractivity contribution is 7.86. The van der Waals surface area contributed by atoms with Crippen LogP contribution in [0.4, 0.5) is 11.4 Å². The second-order valence-electron chi connectivity index (χ2n) is 16.9. The molecule has 62 heavy (non-hydrogen) atoms. The SMILES string of the molecule is CCOC(=O)C1(C(=O)O)CC(/C=C/C2=[N+](CCCS(=O)(=O)O)c3ccc(S(=O)(=O)O)cc3C2(C)C)=CC(=C/C=C2/N(CCCS(=O)(=O)O)c3ccc4ccccc4c3C2(C)C)/C1. The number of nitrogens with zero attached hydrogens (tertiary/aromatic N) is 2. The minimum atomic E-state index is -4.59. The van der Waals surface area contributed by atoms with E-state index in [2.05, 4.69) is 0 Å². The number of rotatable bonds is 15. The van der Waals surface area contributed by atoms with Gasteiger partial charge in [0, 0.05) is 47.5 Å². The third-order valence-corrected chi connectivity index (χ3v) is 14.3. The van der Waals surface area contributed by atoms with Gasteiger partial charge in [-0.05, 0) is 91.8 Å². The molecule has 1 aliphatic carbocycles. The molecular weight excluding hydrogens is 861 g/mol. The molecule has 0 amide bonds. The predicted molar refractivity (Wildman–Crippen MR) is 235 cm³/mol. The highest BCUT2D eigenvalue weighted by Crippen LogP contribution is 2.51. The molecule has 4 N–H and O–H groups in total. The molecule has 0 aromatic heterocycles. The highest BCUT2D eigenvalue weighted by atomic mass is 32.2. The summed E-state index contributed by atoms with van der Waals surface area (Å²) in [7, 11) is -13.2. The van der Waals surface area contributed by atoms with E-state index in [1.807, 2.05) is 61.2 Å². The van der Waals surface area contributed by atoms with Gasteiger partial charge in [-0.1, -0.05) is 62.4 Å². The van der Waals surface area contributed by atoms with E-state index in [1.54, 1.807) is 49.7 Å². The normalized spacial score (nSPS) is 21.2. The average Bonchev–Trinajstić information content (AvgIpc) is 3.52. The van der Waals surface area contributed by atoms with Gasteiger partial charge in [-0.25, -0.2) is 0 Å². The maximum Gasteiger partial charge on any atom is 0.324 e. The monoisotopic (exact) mass is 911 g/mol. The summed E-state index contributed by atoms with van der Waals surface area (Å²) in [5, 5.41) is 12.8. The lowest BCUT2D eigenvalue weighted by Gasteiger charge is -2.32. The number of fused-ring (bicyclic) bond motifs is 4. The second kappa shape index (κ2) is 17.0. The molecule has 0 radical (unpaired) electrons. The minimum Gasteiger partial charge on any atom is -0.480 e. The van der Waals surface area contributed by atoms with E-state index in [1.165, 1.54) is 18.2 Å². The van der Waals surface area contributed by atoms with Crippen LogP contribution in [0.25, 0.3) is 10.8 Å². The average molecular weight is 912 g/mol. The molecule has 0 fully saturated rings. The van der Waals surface area contributed by atoms with Crippen LogP contribution in [0.2, 0.25) is 0 Å². The van der Waals surface area contributed by atoms with Gasteiger partial charge in [0.2, 0.25) is 5.69 Å². The van der Waals surface area contributed by atoms with E-state index in [4.69, 9.17) is 4.74 Å². The molecule has 1 unspecified atom stereocenters. The summed E-state index contributed by atoms with van der Waals surface area (Å²) in [4.78, 5) is 28.6. The van der Waals surface area contributed by atoms with Gasteiger partial charge in [-0.3, -0.25) is 23.2 Å². The molecule has 0 bridgehead atoms. The number of hydrogen-bond acceptors (Lipinski definition) is 10. The van der Waals surface area contributed by atoms with Crippen LogP contribution in [0.1, 0.15) is 71.4 Å². The Labute approximate surface area is 362 Å². The van der Waals surface area contributed by atoms with E-state index in [-0.39, 0.29) is 50.3 Å². The first-order chi connectivity index (χ1) is 28.8. The first kappa shape index (κ1) is 46.5. The molecule has 2 aliphatic heterocycles. The van der Waals surface area contributed by atoms with Gasteiger partial charge in [-0.15, -0.1) is 0 Å². The molecule has 6 rings (SSSR count). The van der Waals surface area contributed by atoms with Crippen LogP contribution in [0, 0.1) is 5.41 Å². The molecule has 0 spiro atoms. The molecule has 2 heterocycles. The largest absolute Gasteiger partial charge is 0.480 e. The number of aliphatic carboxylic acids is 1. The van der Waals surface area contributed by atoms with E-state index < -0.39 is 70.0 Å². The lowest BCUT2D eigenvalue weighted by atomic mass is 9.71. The molecule has 0 saturated carbocycles. The number of allylic oxidation sites excluding steroid dienone is 8. The number of carboxylic acids is 1. The number of benzene rings is 3. The van der Waals surface area contributed by atoms with Gasteiger partial charge in [0.1, 0.15) is 6.54 Å². The van der Waals surface area contributed by atoms with Crippen molar-refractivity contribution in [3.63, 3.8) is 0 Å². The fourth-order valence-electron chi connectivity index (χ4n) is 8.98. The topological polar surface area (TPSA) is 233 Å². The molecule has 15 nitrogen and oxygen atoms in total. The Bertz CT molecular complexity index is 2850. The Morgan fingerprint density at radius 3 is 2.16 bits per heavy atom. The van der Waals surface area contributed by atoms with Gasteiger partial charge < -0.3 is 14.7 Å². The molecule has 0 saturated heterocycles. The van der Waals surface area contributed by atoms with Crippen molar-refractivity contribution in [2.24, 2.45) is 5.41 Å². The number of esters is 1. The quantitative estimate of drug-likeness (QED) is 0.0549. The van der Waals surface area contributed by atoms with Crippen molar-refractivity contribution < 1.29 is 62.9 Å². The smallest absolute Gasteiger partial charge is 0.324 e. The summed E-state index contributed by atoms with van der Waals surface area (Å²) in [5.41, 5.74) is 1.49. The van der Waals surface area contributed by atoms with Crippen molar-refractivity contribution in [2.75, 3.05) is 36.1 Å². The summed E-state index contributed by atoms with van der Waals surface area (Å²) < 4.78 is 107. The van der Waals surface area contributed by atoms with Crippen LogP contribution in [0.3, 0.4) is 0 Å². The van der Waals surface area contributed by atoms with E-state index >= 15 is 0 Å². The second-order valence-corrected chi connectivity index (χ2v) is 21.4. The number of carbonyl (C=O) groups is 2. The van der Waals surface area contributed by atoms with Crippen LogP contribution >= 0.6 is 0 Å². The number of hydrogen-bond donors (Lipinski definition) is 4. The lowest BCUT2D eigenvalue weighted by molar-refractivity contribution is -0.437. The molecule has 3 aliphatic rings. The first-order valence-electron chi connectivity index (χ1n) is 20.0. The molecule has 1 atom stereocenters. The summed E-state index contributed by atoms with van der Waals surface area (Å²) in [6.07, 6.45) is 8.33. The zero-order chi connectivity index (χ0) is 45.6. The van der Waals surface area contributed by atoms with Crippen molar-refractivity contribution in [3.05, 3.63) is 113 Å². The van der Waals surface area contributed by atoms with Crippen LogP contribution < -0.4 is 4.90 Å². The summed E-state index contributed by atoms with van der Waals surface area (Å²) in [6.45, 7) is 9.51. The zero-order valence-corrected chi connectivity index (χ0v) is 37.5. The maximum atomic E-state index is 13.7. The molecule has 18 heteroatoms. The van der Waals surface area contributed by atoms with Gasteiger partial charge in [-0.2, -0.15) is 29.8 Å². The number of carbonyl (C=O) groups excluding carboxylic acids is 1. The molecule has 3 aromatic carbocycles. The molecule has 332 valence electrons. The summed E-state index contributed by atoms with van der Waals surface area (Å²) >= 11 is 0. The zero-order valence-electron chi connectivity index (χ0n) is 35.0.